The van der Waals surface area contributed by atoms with Gasteiger partial charge in [-0.05, 0) is 32.3 Å². The van der Waals surface area contributed by atoms with Crippen LogP contribution in [0.2, 0.25) is 0 Å². The average molecular weight is 405 g/mol. The van der Waals surface area contributed by atoms with Gasteiger partial charge in [-0.2, -0.15) is 0 Å². The largest absolute Gasteiger partial charge is 0.382 e. The van der Waals surface area contributed by atoms with E-state index >= 15 is 0 Å². The lowest BCUT2D eigenvalue weighted by molar-refractivity contribution is 0.146. The van der Waals surface area contributed by atoms with Crippen LogP contribution in [0, 0.1) is 0 Å². The first-order chi connectivity index (χ1) is 9.86. The van der Waals surface area contributed by atoms with Crippen molar-refractivity contribution in [1.82, 2.24) is 10.6 Å². The van der Waals surface area contributed by atoms with E-state index in [-0.39, 0.29) is 24.0 Å². The van der Waals surface area contributed by atoms with Gasteiger partial charge in [0.1, 0.15) is 0 Å². The SMILES string of the molecule is CCNC(=NCCCOCC)NCCc1ccccc1.I. The number of hydrogen-bond acceptors (Lipinski definition) is 2. The van der Waals surface area contributed by atoms with Crippen molar-refractivity contribution in [3.63, 3.8) is 0 Å². The highest BCUT2D eigenvalue weighted by atomic mass is 127. The molecule has 0 atom stereocenters. The Morgan fingerprint density at radius 2 is 1.90 bits per heavy atom. The van der Waals surface area contributed by atoms with Gasteiger partial charge in [0.25, 0.3) is 0 Å². The summed E-state index contributed by atoms with van der Waals surface area (Å²) in [5.74, 6) is 0.889. The number of nitrogens with one attached hydrogen (secondary N) is 2. The maximum atomic E-state index is 5.30. The molecular weight excluding hydrogens is 377 g/mol. The summed E-state index contributed by atoms with van der Waals surface area (Å²) in [5, 5.41) is 6.62. The molecule has 0 saturated carbocycles. The first-order valence-electron chi connectivity index (χ1n) is 7.50. The van der Waals surface area contributed by atoms with Crippen molar-refractivity contribution < 1.29 is 4.74 Å². The second kappa shape index (κ2) is 14.1. The summed E-state index contributed by atoms with van der Waals surface area (Å²) in [6.07, 6.45) is 1.97. The summed E-state index contributed by atoms with van der Waals surface area (Å²) in [4.78, 5) is 4.53. The van der Waals surface area contributed by atoms with Gasteiger partial charge < -0.3 is 15.4 Å². The molecule has 1 aromatic rings. The molecule has 0 fully saturated rings. The summed E-state index contributed by atoms with van der Waals surface area (Å²) in [7, 11) is 0. The molecule has 4 nitrogen and oxygen atoms in total. The second-order valence-electron chi connectivity index (χ2n) is 4.47. The van der Waals surface area contributed by atoms with Crippen LogP contribution in [0.25, 0.3) is 0 Å². The van der Waals surface area contributed by atoms with Gasteiger partial charge in [-0.15, -0.1) is 24.0 Å². The van der Waals surface area contributed by atoms with Crippen molar-refractivity contribution in [1.29, 1.82) is 0 Å². The Labute approximate surface area is 145 Å². The van der Waals surface area contributed by atoms with Crippen LogP contribution >= 0.6 is 24.0 Å². The van der Waals surface area contributed by atoms with Gasteiger partial charge >= 0.3 is 0 Å². The lowest BCUT2D eigenvalue weighted by Gasteiger charge is -2.11. The van der Waals surface area contributed by atoms with Crippen molar-refractivity contribution in [2.24, 2.45) is 4.99 Å². The Balaban J connectivity index is 0.00000400. The smallest absolute Gasteiger partial charge is 0.191 e. The molecule has 0 radical (unpaired) electrons. The van der Waals surface area contributed by atoms with Crippen molar-refractivity contribution in [2.45, 2.75) is 26.7 Å². The number of guanidine groups is 1. The molecule has 1 aromatic carbocycles. The molecule has 0 aromatic heterocycles. The molecule has 0 aliphatic carbocycles. The Morgan fingerprint density at radius 1 is 1.14 bits per heavy atom. The van der Waals surface area contributed by atoms with E-state index < -0.39 is 0 Å². The molecule has 120 valence electrons. The molecule has 0 heterocycles. The lowest BCUT2D eigenvalue weighted by atomic mass is 10.1. The summed E-state index contributed by atoms with van der Waals surface area (Å²) < 4.78 is 5.30. The topological polar surface area (TPSA) is 45.7 Å². The zero-order chi connectivity index (χ0) is 14.5. The van der Waals surface area contributed by atoms with Crippen LogP contribution in [-0.4, -0.2) is 38.8 Å². The van der Waals surface area contributed by atoms with E-state index in [0.29, 0.717) is 0 Å². The minimum absolute atomic E-state index is 0. The number of aliphatic imine (C=N–C) groups is 1. The van der Waals surface area contributed by atoms with E-state index in [9.17, 15) is 0 Å². The van der Waals surface area contributed by atoms with Gasteiger partial charge in [-0.25, -0.2) is 0 Å². The minimum atomic E-state index is 0. The van der Waals surface area contributed by atoms with Gasteiger partial charge in [0.05, 0.1) is 0 Å². The molecule has 21 heavy (non-hydrogen) atoms. The van der Waals surface area contributed by atoms with Gasteiger partial charge in [0.2, 0.25) is 0 Å². The Morgan fingerprint density at radius 3 is 2.57 bits per heavy atom. The third kappa shape index (κ3) is 10.5. The van der Waals surface area contributed by atoms with Crippen LogP contribution < -0.4 is 10.6 Å². The lowest BCUT2D eigenvalue weighted by Crippen LogP contribution is -2.38. The van der Waals surface area contributed by atoms with Crippen LogP contribution in [0.5, 0.6) is 0 Å². The van der Waals surface area contributed by atoms with Gasteiger partial charge in [-0.1, -0.05) is 30.3 Å². The van der Waals surface area contributed by atoms with E-state index in [2.05, 4.69) is 46.8 Å². The van der Waals surface area contributed by atoms with Crippen LogP contribution in [-0.2, 0) is 11.2 Å². The van der Waals surface area contributed by atoms with E-state index in [1.807, 2.05) is 13.0 Å². The summed E-state index contributed by atoms with van der Waals surface area (Å²) in [6.45, 7) is 8.21. The quantitative estimate of drug-likeness (QED) is 0.288. The number of nitrogens with zero attached hydrogens (tertiary/aromatic N) is 1. The number of ether oxygens (including phenoxy) is 1. The predicted octanol–water partition coefficient (Wildman–Crippen LogP) is 2.83. The highest BCUT2D eigenvalue weighted by Crippen LogP contribution is 1.98. The van der Waals surface area contributed by atoms with Crippen molar-refractivity contribution in [3.8, 4) is 0 Å². The molecule has 5 heteroatoms. The monoisotopic (exact) mass is 405 g/mol. The molecule has 0 aliphatic rings. The van der Waals surface area contributed by atoms with Crippen LogP contribution in [0.4, 0.5) is 0 Å². The second-order valence-corrected chi connectivity index (χ2v) is 4.47. The van der Waals surface area contributed by atoms with E-state index in [4.69, 9.17) is 4.74 Å². The van der Waals surface area contributed by atoms with Crippen molar-refractivity contribution >= 4 is 29.9 Å². The minimum Gasteiger partial charge on any atom is -0.382 e. The third-order valence-electron chi connectivity index (χ3n) is 2.81. The van der Waals surface area contributed by atoms with Crippen molar-refractivity contribution in [3.05, 3.63) is 35.9 Å². The molecule has 2 N–H and O–H groups in total. The van der Waals surface area contributed by atoms with Crippen LogP contribution in [0.3, 0.4) is 0 Å². The normalized spacial score (nSPS) is 10.9. The highest BCUT2D eigenvalue weighted by Gasteiger charge is 1.97. The molecule has 0 saturated heterocycles. The molecule has 0 unspecified atom stereocenters. The summed E-state index contributed by atoms with van der Waals surface area (Å²) >= 11 is 0. The Bertz CT molecular complexity index is 371. The predicted molar refractivity (Wildman–Crippen MR) is 101 cm³/mol. The van der Waals surface area contributed by atoms with E-state index in [1.165, 1.54) is 5.56 Å². The molecule has 1 rings (SSSR count). The average Bonchev–Trinajstić information content (AvgIpc) is 2.48. The maximum absolute atomic E-state index is 5.30. The fourth-order valence-electron chi connectivity index (χ4n) is 1.81. The molecular formula is C16H28IN3O. The molecule has 0 aliphatic heterocycles. The first-order valence-corrected chi connectivity index (χ1v) is 7.50. The number of rotatable bonds is 9. The Kier molecular flexibility index (Phi) is 13.6. The van der Waals surface area contributed by atoms with Gasteiger partial charge in [0.15, 0.2) is 5.96 Å². The number of hydrogen-bond donors (Lipinski definition) is 2. The molecule has 0 amide bonds. The van der Waals surface area contributed by atoms with Crippen LogP contribution in [0.1, 0.15) is 25.8 Å². The third-order valence-corrected chi connectivity index (χ3v) is 2.81. The highest BCUT2D eigenvalue weighted by molar-refractivity contribution is 14.0. The van der Waals surface area contributed by atoms with E-state index in [0.717, 1.165) is 51.6 Å². The standard InChI is InChI=1S/C16H27N3O.HI/c1-3-17-16(18-12-8-14-20-4-2)19-13-11-15-9-6-5-7-10-15;/h5-7,9-10H,3-4,8,11-14H2,1-2H3,(H2,17,18,19);1H. The molecule has 0 bridgehead atoms. The van der Waals surface area contributed by atoms with Crippen LogP contribution in [0.15, 0.2) is 35.3 Å². The zero-order valence-electron chi connectivity index (χ0n) is 13.1. The van der Waals surface area contributed by atoms with E-state index in [1.54, 1.807) is 0 Å². The number of benzene rings is 1. The Hall–Kier alpha value is -0.820. The molecule has 0 spiro atoms. The zero-order valence-corrected chi connectivity index (χ0v) is 15.4. The number of halogens is 1. The van der Waals surface area contributed by atoms with Gasteiger partial charge in [-0.3, -0.25) is 4.99 Å². The fraction of sp³-hybridized carbons (Fsp3) is 0.562. The summed E-state index contributed by atoms with van der Waals surface area (Å²) in [6, 6.07) is 10.5. The first kappa shape index (κ1) is 20.2. The maximum Gasteiger partial charge on any atom is 0.191 e. The fourth-order valence-corrected chi connectivity index (χ4v) is 1.81. The summed E-state index contributed by atoms with van der Waals surface area (Å²) in [5.41, 5.74) is 1.34. The van der Waals surface area contributed by atoms with Gasteiger partial charge in [0, 0.05) is 32.8 Å². The van der Waals surface area contributed by atoms with Crippen molar-refractivity contribution in [2.75, 3.05) is 32.8 Å².